The van der Waals surface area contributed by atoms with Crippen molar-refractivity contribution in [3.63, 3.8) is 0 Å². The summed E-state index contributed by atoms with van der Waals surface area (Å²) in [7, 11) is 0. The number of halogens is 1. The zero-order chi connectivity index (χ0) is 17.0. The first-order chi connectivity index (χ1) is 10.8. The van der Waals surface area contributed by atoms with Crippen LogP contribution in [0.4, 0.5) is 10.6 Å². The molecule has 0 atom stereocenters. The first-order valence-electron chi connectivity index (χ1n) is 7.58. The monoisotopic (exact) mass is 383 g/mol. The first-order valence-corrected chi connectivity index (χ1v) is 8.70. The third kappa shape index (κ3) is 4.92. The van der Waals surface area contributed by atoms with Gasteiger partial charge in [-0.1, -0.05) is 15.9 Å². The summed E-state index contributed by atoms with van der Waals surface area (Å²) in [6.45, 7) is 8.16. The number of Topliss-reactive ketones (excluding diaryl/α,β-unsaturated/α-hetero) is 1. The van der Waals surface area contributed by atoms with Gasteiger partial charge in [-0.3, -0.25) is 4.79 Å². The number of aromatic nitrogens is 1. The fourth-order valence-electron chi connectivity index (χ4n) is 2.26. The quantitative estimate of drug-likeness (QED) is 0.593. The molecule has 0 N–H and O–H groups in total. The van der Waals surface area contributed by atoms with Crippen LogP contribution in [-0.4, -0.2) is 58.9 Å². The van der Waals surface area contributed by atoms with E-state index in [1.165, 1.54) is 0 Å². The van der Waals surface area contributed by atoms with E-state index < -0.39 is 5.60 Å². The Morgan fingerprint density at radius 2 is 1.87 bits per heavy atom. The third-order valence-corrected chi connectivity index (χ3v) is 3.96. The van der Waals surface area contributed by atoms with E-state index in [0.29, 0.717) is 37.1 Å². The van der Waals surface area contributed by atoms with Crippen molar-refractivity contribution < 1.29 is 14.3 Å². The van der Waals surface area contributed by atoms with Gasteiger partial charge in [0.25, 0.3) is 0 Å². The van der Waals surface area contributed by atoms with Gasteiger partial charge >= 0.3 is 6.09 Å². The van der Waals surface area contributed by atoms with Crippen LogP contribution in [0.25, 0.3) is 0 Å². The van der Waals surface area contributed by atoms with Crippen molar-refractivity contribution in [2.24, 2.45) is 0 Å². The molecule has 0 aromatic carbocycles. The summed E-state index contributed by atoms with van der Waals surface area (Å²) in [4.78, 5) is 31.8. The minimum Gasteiger partial charge on any atom is -0.444 e. The van der Waals surface area contributed by atoms with Gasteiger partial charge < -0.3 is 14.5 Å². The summed E-state index contributed by atoms with van der Waals surface area (Å²) in [6.07, 6.45) is 1.32. The molecule has 0 aliphatic carbocycles. The molecule has 2 heterocycles. The number of hydrogen-bond donors (Lipinski definition) is 0. The fraction of sp³-hybridized carbons (Fsp3) is 0.562. The molecule has 1 aromatic heterocycles. The summed E-state index contributed by atoms with van der Waals surface area (Å²) in [5.41, 5.74) is 0.117. The van der Waals surface area contributed by atoms with Gasteiger partial charge in [-0.15, -0.1) is 0 Å². The van der Waals surface area contributed by atoms with E-state index >= 15 is 0 Å². The molecule has 23 heavy (non-hydrogen) atoms. The highest BCUT2D eigenvalue weighted by Gasteiger charge is 2.26. The lowest BCUT2D eigenvalue weighted by Gasteiger charge is -2.36. The van der Waals surface area contributed by atoms with Crippen LogP contribution < -0.4 is 4.90 Å². The van der Waals surface area contributed by atoms with Gasteiger partial charge in [-0.2, -0.15) is 0 Å². The van der Waals surface area contributed by atoms with E-state index in [2.05, 4.69) is 25.8 Å². The van der Waals surface area contributed by atoms with Gasteiger partial charge in [-0.05, 0) is 32.9 Å². The lowest BCUT2D eigenvalue weighted by Crippen LogP contribution is -2.50. The molecule has 0 spiro atoms. The number of ketones is 1. The topological polar surface area (TPSA) is 62.7 Å². The molecule has 1 aromatic rings. The summed E-state index contributed by atoms with van der Waals surface area (Å²) in [6, 6.07) is 3.63. The first kappa shape index (κ1) is 17.7. The minimum absolute atomic E-state index is 0.0128. The Labute approximate surface area is 144 Å². The van der Waals surface area contributed by atoms with Gasteiger partial charge in [-0.25, -0.2) is 9.78 Å². The average molecular weight is 384 g/mol. The van der Waals surface area contributed by atoms with Crippen LogP contribution in [0.1, 0.15) is 31.1 Å². The minimum atomic E-state index is -0.479. The predicted octanol–water partition coefficient (Wildman–Crippen LogP) is 2.72. The van der Waals surface area contributed by atoms with Crippen LogP contribution in [0.5, 0.6) is 0 Å². The Hall–Kier alpha value is -1.63. The molecule has 126 valence electrons. The number of nitrogens with zero attached hydrogens (tertiary/aromatic N) is 3. The lowest BCUT2D eigenvalue weighted by atomic mass is 10.2. The highest BCUT2D eigenvalue weighted by atomic mass is 79.9. The molecule has 1 aliphatic rings. The molecule has 0 radical (unpaired) electrons. The smallest absolute Gasteiger partial charge is 0.410 e. The van der Waals surface area contributed by atoms with Crippen LogP contribution in [0.15, 0.2) is 18.3 Å². The number of amides is 1. The number of rotatable bonds is 3. The highest BCUT2D eigenvalue weighted by molar-refractivity contribution is 9.09. The van der Waals surface area contributed by atoms with Crippen LogP contribution in [0, 0.1) is 0 Å². The van der Waals surface area contributed by atoms with Crippen molar-refractivity contribution in [1.82, 2.24) is 9.88 Å². The van der Waals surface area contributed by atoms with Crippen molar-refractivity contribution in [2.75, 3.05) is 36.4 Å². The summed E-state index contributed by atoms with van der Waals surface area (Å²) >= 11 is 3.15. The Balaban J connectivity index is 1.91. The zero-order valence-corrected chi connectivity index (χ0v) is 15.3. The molecule has 0 bridgehead atoms. The lowest BCUT2D eigenvalue weighted by molar-refractivity contribution is 0.0240. The Morgan fingerprint density at radius 3 is 2.35 bits per heavy atom. The van der Waals surface area contributed by atoms with E-state index in [1.54, 1.807) is 17.2 Å². The number of pyridine rings is 1. The van der Waals surface area contributed by atoms with Crippen LogP contribution in [-0.2, 0) is 4.74 Å². The van der Waals surface area contributed by atoms with Gasteiger partial charge in [0.05, 0.1) is 5.33 Å². The van der Waals surface area contributed by atoms with Gasteiger partial charge in [0.1, 0.15) is 11.4 Å². The van der Waals surface area contributed by atoms with E-state index in [1.807, 2.05) is 26.8 Å². The molecule has 1 fully saturated rings. The molecule has 0 saturated carbocycles. The molecule has 1 saturated heterocycles. The van der Waals surface area contributed by atoms with Crippen molar-refractivity contribution >= 4 is 33.6 Å². The Bertz CT molecular complexity index is 561. The maximum Gasteiger partial charge on any atom is 0.410 e. The molecular formula is C16H22BrN3O3. The van der Waals surface area contributed by atoms with E-state index in [0.717, 1.165) is 5.82 Å². The molecular weight excluding hydrogens is 362 g/mol. The molecule has 0 unspecified atom stereocenters. The summed E-state index contributed by atoms with van der Waals surface area (Å²) < 4.78 is 5.38. The van der Waals surface area contributed by atoms with Crippen LogP contribution >= 0.6 is 15.9 Å². The maximum atomic E-state index is 12.0. The second kappa shape index (κ2) is 7.29. The predicted molar refractivity (Wildman–Crippen MR) is 92.4 cm³/mol. The van der Waals surface area contributed by atoms with Crippen molar-refractivity contribution in [1.29, 1.82) is 0 Å². The fourth-order valence-corrected chi connectivity index (χ4v) is 2.58. The van der Waals surface area contributed by atoms with Gasteiger partial charge in [0, 0.05) is 37.9 Å². The molecule has 1 amide bonds. The van der Waals surface area contributed by atoms with E-state index in [9.17, 15) is 9.59 Å². The second-order valence-corrected chi connectivity index (χ2v) is 6.98. The van der Waals surface area contributed by atoms with Gasteiger partial charge in [0.15, 0.2) is 5.78 Å². The van der Waals surface area contributed by atoms with Gasteiger partial charge in [0.2, 0.25) is 0 Å². The molecule has 2 rings (SSSR count). The Kier molecular flexibility index (Phi) is 5.62. The summed E-state index contributed by atoms with van der Waals surface area (Å²) in [5.74, 6) is 0.832. The number of anilines is 1. The molecule has 1 aliphatic heterocycles. The molecule has 7 heteroatoms. The highest BCUT2D eigenvalue weighted by Crippen LogP contribution is 2.16. The maximum absolute atomic E-state index is 12.0. The standard InChI is InChI=1S/C16H22BrN3O3/c1-16(2,3)23-15(22)20-8-6-19(7-9-20)14-5-4-12(11-18-14)13(21)10-17/h4-5,11H,6-10H2,1-3H3. The van der Waals surface area contributed by atoms with Crippen molar-refractivity contribution in [2.45, 2.75) is 26.4 Å². The van der Waals surface area contributed by atoms with Crippen LogP contribution in [0.3, 0.4) is 0 Å². The number of carbonyl (C=O) groups is 2. The van der Waals surface area contributed by atoms with E-state index in [-0.39, 0.29) is 11.9 Å². The largest absolute Gasteiger partial charge is 0.444 e. The third-order valence-electron chi connectivity index (χ3n) is 3.45. The van der Waals surface area contributed by atoms with E-state index in [4.69, 9.17) is 4.74 Å². The number of alkyl halides is 1. The number of carbonyl (C=O) groups excluding carboxylic acids is 2. The Morgan fingerprint density at radius 1 is 1.22 bits per heavy atom. The number of hydrogen-bond acceptors (Lipinski definition) is 5. The number of piperazine rings is 1. The van der Waals surface area contributed by atoms with Crippen molar-refractivity contribution in [3.8, 4) is 0 Å². The van der Waals surface area contributed by atoms with Crippen molar-refractivity contribution in [3.05, 3.63) is 23.9 Å². The molecule has 6 nitrogen and oxygen atoms in total. The summed E-state index contributed by atoms with van der Waals surface area (Å²) in [5, 5.41) is 0.294. The SMILES string of the molecule is CC(C)(C)OC(=O)N1CCN(c2ccc(C(=O)CBr)cn2)CC1. The number of ether oxygens (including phenoxy) is 1. The zero-order valence-electron chi connectivity index (χ0n) is 13.7. The normalized spacial score (nSPS) is 15.5. The van der Waals surface area contributed by atoms with Crippen LogP contribution in [0.2, 0.25) is 0 Å². The second-order valence-electron chi connectivity index (χ2n) is 6.42. The average Bonchev–Trinajstić information content (AvgIpc) is 2.53.